The summed E-state index contributed by atoms with van der Waals surface area (Å²) in [5.74, 6) is -0.555. The lowest BCUT2D eigenvalue weighted by Crippen LogP contribution is -2.19. The molecular formula is C10H12N4O3S2. The van der Waals surface area contributed by atoms with E-state index in [2.05, 4.69) is 15.2 Å². The molecule has 0 saturated heterocycles. The van der Waals surface area contributed by atoms with Crippen LogP contribution < -0.4 is 5.69 Å². The molecule has 0 atom stereocenters. The van der Waals surface area contributed by atoms with Gasteiger partial charge in [0.2, 0.25) is 5.01 Å². The normalized spacial score (nSPS) is 11.1. The van der Waals surface area contributed by atoms with Gasteiger partial charge in [0.05, 0.1) is 5.69 Å². The zero-order valence-electron chi connectivity index (χ0n) is 10.3. The lowest BCUT2D eigenvalue weighted by Gasteiger charge is -2.07. The Hall–Kier alpha value is -1.61. The molecule has 9 heteroatoms. The molecule has 19 heavy (non-hydrogen) atoms. The van der Waals surface area contributed by atoms with Gasteiger partial charge in [-0.05, 0) is 13.8 Å². The number of carboxylic acids is 1. The van der Waals surface area contributed by atoms with Crippen LogP contribution in [0, 0.1) is 0 Å². The molecule has 102 valence electrons. The molecule has 0 aliphatic rings. The summed E-state index contributed by atoms with van der Waals surface area (Å²) in [5.41, 5.74) is 0.417. The monoisotopic (exact) mass is 300 g/mol. The zero-order valence-corrected chi connectivity index (χ0v) is 11.9. The number of aromatic nitrogens is 4. The van der Waals surface area contributed by atoms with Crippen molar-refractivity contribution in [2.75, 3.05) is 0 Å². The van der Waals surface area contributed by atoms with Crippen molar-refractivity contribution >= 4 is 29.1 Å². The van der Waals surface area contributed by atoms with Gasteiger partial charge in [-0.15, -0.1) is 16.4 Å². The van der Waals surface area contributed by atoms with E-state index in [1.807, 2.05) is 13.8 Å². The molecule has 0 unspecified atom stereocenters. The molecule has 0 aliphatic carbocycles. The molecule has 7 nitrogen and oxygen atoms in total. The third-order valence-corrected chi connectivity index (χ3v) is 4.14. The number of hydrogen-bond donors (Lipinski definition) is 2. The van der Waals surface area contributed by atoms with Crippen molar-refractivity contribution in [2.24, 2.45) is 0 Å². The molecule has 0 saturated carbocycles. The molecular weight excluding hydrogens is 288 g/mol. The van der Waals surface area contributed by atoms with Gasteiger partial charge in [0.25, 0.3) is 0 Å². The van der Waals surface area contributed by atoms with Crippen LogP contribution in [-0.2, 0) is 5.75 Å². The number of thioether (sulfide) groups is 1. The molecule has 0 aliphatic heterocycles. The number of hydrogen-bond acceptors (Lipinski definition) is 6. The fourth-order valence-electron chi connectivity index (χ4n) is 1.46. The lowest BCUT2D eigenvalue weighted by molar-refractivity contribution is 0.0696. The molecule has 0 bridgehead atoms. The summed E-state index contributed by atoms with van der Waals surface area (Å²) in [7, 11) is 0. The van der Waals surface area contributed by atoms with Crippen LogP contribution in [0.25, 0.3) is 0 Å². The highest BCUT2D eigenvalue weighted by molar-refractivity contribution is 7.98. The average Bonchev–Trinajstić information content (AvgIpc) is 2.92. The third kappa shape index (κ3) is 3.04. The van der Waals surface area contributed by atoms with Gasteiger partial charge in [0.15, 0.2) is 5.16 Å². The van der Waals surface area contributed by atoms with Gasteiger partial charge in [-0.1, -0.05) is 11.8 Å². The highest BCUT2D eigenvalue weighted by atomic mass is 32.2. The number of aromatic amines is 1. The van der Waals surface area contributed by atoms with Gasteiger partial charge in [-0.25, -0.2) is 19.7 Å². The van der Waals surface area contributed by atoms with Crippen LogP contribution in [0.3, 0.4) is 0 Å². The van der Waals surface area contributed by atoms with Crippen molar-refractivity contribution in [3.63, 3.8) is 0 Å². The van der Waals surface area contributed by atoms with Crippen LogP contribution in [0.1, 0.15) is 35.4 Å². The first-order chi connectivity index (χ1) is 8.99. The molecule has 0 amide bonds. The fourth-order valence-corrected chi connectivity index (χ4v) is 3.19. The first kappa shape index (κ1) is 13.8. The smallest absolute Gasteiger partial charge is 0.365 e. The Kier molecular flexibility index (Phi) is 4.05. The molecule has 2 heterocycles. The van der Waals surface area contributed by atoms with Crippen LogP contribution in [0.15, 0.2) is 15.3 Å². The predicted molar refractivity (Wildman–Crippen MR) is 71.9 cm³/mol. The van der Waals surface area contributed by atoms with Crippen molar-refractivity contribution < 1.29 is 9.90 Å². The average molecular weight is 300 g/mol. The van der Waals surface area contributed by atoms with E-state index in [4.69, 9.17) is 5.11 Å². The van der Waals surface area contributed by atoms with Gasteiger partial charge >= 0.3 is 11.7 Å². The van der Waals surface area contributed by atoms with E-state index < -0.39 is 5.97 Å². The molecule has 2 N–H and O–H groups in total. The maximum Gasteiger partial charge on any atom is 0.365 e. The number of thiazole rings is 1. The first-order valence-electron chi connectivity index (χ1n) is 5.46. The summed E-state index contributed by atoms with van der Waals surface area (Å²) in [5, 5.41) is 17.5. The summed E-state index contributed by atoms with van der Waals surface area (Å²) in [6, 6.07) is 0.0127. The number of carbonyl (C=O) groups is 1. The minimum atomic E-state index is -1.03. The topological polar surface area (TPSA) is 101 Å². The summed E-state index contributed by atoms with van der Waals surface area (Å²) >= 11 is 2.43. The van der Waals surface area contributed by atoms with E-state index >= 15 is 0 Å². The first-order valence-corrected chi connectivity index (χ1v) is 7.33. The van der Waals surface area contributed by atoms with E-state index in [1.54, 1.807) is 9.95 Å². The maximum absolute atomic E-state index is 11.5. The number of aromatic carboxylic acids is 1. The highest BCUT2D eigenvalue weighted by Gasteiger charge is 2.14. The highest BCUT2D eigenvalue weighted by Crippen LogP contribution is 2.22. The van der Waals surface area contributed by atoms with E-state index in [0.29, 0.717) is 16.6 Å². The van der Waals surface area contributed by atoms with E-state index in [1.165, 1.54) is 11.8 Å². The Morgan fingerprint density at radius 3 is 2.95 bits per heavy atom. The summed E-state index contributed by atoms with van der Waals surface area (Å²) in [6.45, 7) is 3.79. The largest absolute Gasteiger partial charge is 0.476 e. The van der Waals surface area contributed by atoms with E-state index in [0.717, 1.165) is 11.3 Å². The Morgan fingerprint density at radius 1 is 1.63 bits per heavy atom. The minimum Gasteiger partial charge on any atom is -0.476 e. The predicted octanol–water partition coefficient (Wildman–Crippen LogP) is 1.60. The van der Waals surface area contributed by atoms with E-state index in [-0.39, 0.29) is 16.7 Å². The third-order valence-electron chi connectivity index (χ3n) is 2.27. The molecule has 0 radical (unpaired) electrons. The van der Waals surface area contributed by atoms with Crippen LogP contribution >= 0.6 is 23.1 Å². The Bertz CT molecular complexity index is 643. The molecule has 2 aromatic rings. The van der Waals surface area contributed by atoms with Gasteiger partial charge in [-0.2, -0.15) is 0 Å². The molecule has 0 spiro atoms. The van der Waals surface area contributed by atoms with Crippen molar-refractivity contribution in [1.29, 1.82) is 0 Å². The maximum atomic E-state index is 11.5. The molecule has 0 aromatic carbocycles. The lowest BCUT2D eigenvalue weighted by atomic mass is 10.4. The van der Waals surface area contributed by atoms with Gasteiger partial charge < -0.3 is 5.11 Å². The number of rotatable bonds is 5. The minimum absolute atomic E-state index is 0.0127. The summed E-state index contributed by atoms with van der Waals surface area (Å²) in [6.07, 6.45) is 0. The number of carboxylic acid groups (broad SMARTS) is 1. The van der Waals surface area contributed by atoms with Crippen LogP contribution in [0.2, 0.25) is 0 Å². The molecule has 0 fully saturated rings. The molecule has 2 rings (SSSR count). The Balaban J connectivity index is 2.10. The SMILES string of the molecule is CC(C)n1c(SCc2csc(C(=O)O)n2)n[nH]c1=O. The summed E-state index contributed by atoms with van der Waals surface area (Å²) < 4.78 is 1.55. The number of nitrogens with one attached hydrogen (secondary N) is 1. The van der Waals surface area contributed by atoms with E-state index in [9.17, 15) is 9.59 Å². The molecule has 2 aromatic heterocycles. The van der Waals surface area contributed by atoms with Crippen molar-refractivity contribution in [3.8, 4) is 0 Å². The second-order valence-electron chi connectivity index (χ2n) is 4.01. The summed E-state index contributed by atoms with van der Waals surface area (Å²) in [4.78, 5) is 26.2. The van der Waals surface area contributed by atoms with Crippen molar-refractivity contribution in [1.82, 2.24) is 19.7 Å². The fraction of sp³-hybridized carbons (Fsp3) is 0.400. The van der Waals surface area contributed by atoms with Gasteiger partial charge in [0, 0.05) is 17.2 Å². The van der Waals surface area contributed by atoms with Crippen LogP contribution in [0.4, 0.5) is 0 Å². The van der Waals surface area contributed by atoms with Crippen LogP contribution in [-0.4, -0.2) is 30.8 Å². The second kappa shape index (κ2) is 5.57. The Labute approximate surface area is 116 Å². The zero-order chi connectivity index (χ0) is 14.0. The quantitative estimate of drug-likeness (QED) is 0.813. The van der Waals surface area contributed by atoms with Crippen LogP contribution in [0.5, 0.6) is 0 Å². The second-order valence-corrected chi connectivity index (χ2v) is 5.81. The van der Waals surface area contributed by atoms with Gasteiger partial charge in [0.1, 0.15) is 0 Å². The Morgan fingerprint density at radius 2 is 2.37 bits per heavy atom. The van der Waals surface area contributed by atoms with Gasteiger partial charge in [-0.3, -0.25) is 4.57 Å². The number of nitrogens with zero attached hydrogens (tertiary/aromatic N) is 3. The van der Waals surface area contributed by atoms with Crippen molar-refractivity contribution in [3.05, 3.63) is 26.6 Å². The number of H-pyrrole nitrogens is 1. The standard InChI is InChI=1S/C10H12N4O3S2/c1-5(2)14-9(17)12-13-10(14)19-4-6-3-18-7(11-6)8(15)16/h3,5H,4H2,1-2H3,(H,12,17)(H,15,16). The van der Waals surface area contributed by atoms with Crippen molar-refractivity contribution in [2.45, 2.75) is 30.8 Å².